The third kappa shape index (κ3) is 1.66. The fraction of sp³-hybridized carbons (Fsp3) is 0.0909. The molecule has 0 fully saturated rings. The van der Waals surface area contributed by atoms with Crippen molar-refractivity contribution in [2.75, 3.05) is 7.11 Å². The molecule has 76 valence electrons. The van der Waals surface area contributed by atoms with Gasteiger partial charge in [0.1, 0.15) is 10.9 Å². The number of benzene rings is 1. The molecule has 0 aliphatic heterocycles. The van der Waals surface area contributed by atoms with Gasteiger partial charge in [-0.15, -0.1) is 0 Å². The number of pyridine rings is 1. The number of hydrogen-bond acceptors (Lipinski definition) is 3. The molecule has 0 spiro atoms. The Morgan fingerprint density at radius 2 is 2.27 bits per heavy atom. The minimum atomic E-state index is 0.225. The number of aldehydes is 1. The molecule has 0 saturated carbocycles. The lowest BCUT2D eigenvalue weighted by Crippen LogP contribution is -1.90. The number of rotatable bonds is 2. The Labute approximate surface area is 91.6 Å². The molecule has 0 unspecified atom stereocenters. The Bertz CT molecular complexity index is 525. The molecule has 2 aromatic rings. The van der Waals surface area contributed by atoms with Crippen LogP contribution in [-0.2, 0) is 0 Å². The number of halogens is 1. The molecular weight excluding hydrogens is 214 g/mol. The van der Waals surface area contributed by atoms with Gasteiger partial charge in [0.15, 0.2) is 6.29 Å². The van der Waals surface area contributed by atoms with Crippen molar-refractivity contribution in [2.45, 2.75) is 0 Å². The number of aromatic nitrogens is 1. The molecule has 3 nitrogen and oxygen atoms in total. The van der Waals surface area contributed by atoms with Crippen molar-refractivity contribution in [1.82, 2.24) is 4.98 Å². The smallest absolute Gasteiger partial charge is 0.153 e. The van der Waals surface area contributed by atoms with Gasteiger partial charge in [0.2, 0.25) is 0 Å². The quantitative estimate of drug-likeness (QED) is 0.578. The number of ether oxygens (including phenoxy) is 1. The average molecular weight is 222 g/mol. The third-order valence-electron chi connectivity index (χ3n) is 2.21. The van der Waals surface area contributed by atoms with Gasteiger partial charge in [0.25, 0.3) is 0 Å². The predicted octanol–water partition coefficient (Wildman–Crippen LogP) is 2.71. The summed E-state index contributed by atoms with van der Waals surface area (Å²) in [4.78, 5) is 14.8. The van der Waals surface area contributed by atoms with Crippen molar-refractivity contribution in [1.29, 1.82) is 0 Å². The van der Waals surface area contributed by atoms with Gasteiger partial charge in [-0.3, -0.25) is 4.79 Å². The van der Waals surface area contributed by atoms with Gasteiger partial charge in [-0.25, -0.2) is 4.98 Å². The summed E-state index contributed by atoms with van der Waals surface area (Å²) in [5, 5.41) is 1.84. The first kappa shape index (κ1) is 9.93. The lowest BCUT2D eigenvalue weighted by molar-refractivity contribution is 0.112. The van der Waals surface area contributed by atoms with Crippen LogP contribution in [0.1, 0.15) is 10.4 Å². The summed E-state index contributed by atoms with van der Waals surface area (Å²) in [7, 11) is 1.59. The van der Waals surface area contributed by atoms with Gasteiger partial charge >= 0.3 is 0 Å². The van der Waals surface area contributed by atoms with E-state index in [1.165, 1.54) is 0 Å². The van der Waals surface area contributed by atoms with Crippen molar-refractivity contribution < 1.29 is 9.53 Å². The first-order valence-corrected chi connectivity index (χ1v) is 4.71. The second-order valence-corrected chi connectivity index (χ2v) is 3.39. The zero-order valence-corrected chi connectivity index (χ0v) is 8.78. The molecule has 1 aromatic heterocycles. The number of hydrogen-bond donors (Lipinski definition) is 0. The fourth-order valence-electron chi connectivity index (χ4n) is 1.44. The summed E-state index contributed by atoms with van der Waals surface area (Å²) in [5.41, 5.74) is 0.414. The van der Waals surface area contributed by atoms with Crippen LogP contribution in [0.2, 0.25) is 5.15 Å². The van der Waals surface area contributed by atoms with Crippen LogP contribution in [0.15, 0.2) is 24.4 Å². The van der Waals surface area contributed by atoms with Crippen molar-refractivity contribution >= 4 is 28.7 Å². The van der Waals surface area contributed by atoms with Crippen LogP contribution in [0.4, 0.5) is 0 Å². The Balaban J connectivity index is 2.78. The Kier molecular flexibility index (Phi) is 2.56. The zero-order valence-electron chi connectivity index (χ0n) is 8.03. The lowest BCUT2D eigenvalue weighted by atomic mass is 10.1. The van der Waals surface area contributed by atoms with Crippen molar-refractivity contribution in [3.63, 3.8) is 0 Å². The Morgan fingerprint density at radius 3 is 2.93 bits per heavy atom. The van der Waals surface area contributed by atoms with Crippen molar-refractivity contribution in [3.8, 4) is 5.75 Å². The number of carbonyl (C=O) groups excluding carboxylic acids is 1. The molecule has 1 aromatic carbocycles. The highest BCUT2D eigenvalue weighted by molar-refractivity contribution is 6.33. The number of nitrogens with zero attached hydrogens (tertiary/aromatic N) is 1. The SMILES string of the molecule is COc1ccc2c(C=O)c(Cl)ncc2c1. The van der Waals surface area contributed by atoms with Gasteiger partial charge in [0.05, 0.1) is 12.7 Å². The third-order valence-corrected chi connectivity index (χ3v) is 2.51. The molecule has 0 atom stereocenters. The number of carbonyl (C=O) groups is 1. The highest BCUT2D eigenvalue weighted by Crippen LogP contribution is 2.25. The van der Waals surface area contributed by atoms with E-state index in [-0.39, 0.29) is 5.15 Å². The summed E-state index contributed by atoms with van der Waals surface area (Å²) >= 11 is 5.80. The highest BCUT2D eigenvalue weighted by atomic mass is 35.5. The normalized spacial score (nSPS) is 10.3. The van der Waals surface area contributed by atoms with Gasteiger partial charge in [-0.05, 0) is 23.6 Å². The van der Waals surface area contributed by atoms with Gasteiger partial charge in [-0.2, -0.15) is 0 Å². The van der Waals surface area contributed by atoms with E-state index in [1.54, 1.807) is 25.4 Å². The lowest BCUT2D eigenvalue weighted by Gasteiger charge is -2.04. The topological polar surface area (TPSA) is 39.2 Å². The average Bonchev–Trinajstić information content (AvgIpc) is 2.28. The number of fused-ring (bicyclic) bond motifs is 1. The Morgan fingerprint density at radius 1 is 1.47 bits per heavy atom. The van der Waals surface area contributed by atoms with Crippen molar-refractivity contribution in [2.24, 2.45) is 0 Å². The molecule has 0 aliphatic carbocycles. The molecule has 4 heteroatoms. The standard InChI is InChI=1S/C11H8ClNO2/c1-15-8-2-3-9-7(4-8)5-13-11(12)10(9)6-14/h2-6H,1H3. The Hall–Kier alpha value is -1.61. The highest BCUT2D eigenvalue weighted by Gasteiger charge is 2.06. The van der Waals surface area contributed by atoms with Gasteiger partial charge in [-0.1, -0.05) is 11.6 Å². The fourth-order valence-corrected chi connectivity index (χ4v) is 1.63. The molecule has 0 saturated heterocycles. The van der Waals surface area contributed by atoms with Crippen molar-refractivity contribution in [3.05, 3.63) is 35.1 Å². The van der Waals surface area contributed by atoms with E-state index in [1.807, 2.05) is 6.07 Å². The zero-order chi connectivity index (χ0) is 10.8. The molecule has 15 heavy (non-hydrogen) atoms. The first-order valence-electron chi connectivity index (χ1n) is 4.33. The molecule has 0 N–H and O–H groups in total. The van der Waals surface area contributed by atoms with E-state index >= 15 is 0 Å². The first-order chi connectivity index (χ1) is 7.26. The van der Waals surface area contributed by atoms with E-state index in [9.17, 15) is 4.79 Å². The second-order valence-electron chi connectivity index (χ2n) is 3.03. The summed E-state index contributed by atoms with van der Waals surface area (Å²) in [6, 6.07) is 5.39. The van der Waals surface area contributed by atoms with E-state index in [0.29, 0.717) is 11.8 Å². The largest absolute Gasteiger partial charge is 0.497 e. The molecule has 0 bridgehead atoms. The van der Waals surface area contributed by atoms with Crippen LogP contribution in [0.3, 0.4) is 0 Å². The monoisotopic (exact) mass is 221 g/mol. The minimum absolute atomic E-state index is 0.225. The van der Waals surface area contributed by atoms with E-state index in [0.717, 1.165) is 16.5 Å². The van der Waals surface area contributed by atoms with Crippen LogP contribution in [-0.4, -0.2) is 18.4 Å². The van der Waals surface area contributed by atoms with Crippen LogP contribution in [0.25, 0.3) is 10.8 Å². The number of methoxy groups -OCH3 is 1. The van der Waals surface area contributed by atoms with E-state index in [2.05, 4.69) is 4.98 Å². The second kappa shape index (κ2) is 3.87. The summed E-state index contributed by atoms with van der Waals surface area (Å²) in [6.45, 7) is 0. The summed E-state index contributed by atoms with van der Waals surface area (Å²) in [6.07, 6.45) is 2.33. The maximum absolute atomic E-state index is 10.8. The molecule has 0 radical (unpaired) electrons. The predicted molar refractivity (Wildman–Crippen MR) is 58.7 cm³/mol. The minimum Gasteiger partial charge on any atom is -0.497 e. The molecule has 1 heterocycles. The summed E-state index contributed by atoms with van der Waals surface area (Å²) < 4.78 is 5.08. The van der Waals surface area contributed by atoms with Crippen LogP contribution in [0, 0.1) is 0 Å². The maximum atomic E-state index is 10.8. The molecule has 2 rings (SSSR count). The molecular formula is C11H8ClNO2. The van der Waals surface area contributed by atoms with E-state index < -0.39 is 0 Å². The van der Waals surface area contributed by atoms with Gasteiger partial charge in [0, 0.05) is 11.6 Å². The van der Waals surface area contributed by atoms with E-state index in [4.69, 9.17) is 16.3 Å². The van der Waals surface area contributed by atoms with Gasteiger partial charge < -0.3 is 4.74 Å². The van der Waals surface area contributed by atoms with Crippen LogP contribution in [0.5, 0.6) is 5.75 Å². The molecule has 0 aliphatic rings. The van der Waals surface area contributed by atoms with Crippen LogP contribution >= 0.6 is 11.6 Å². The molecule has 0 amide bonds. The van der Waals surface area contributed by atoms with Crippen LogP contribution < -0.4 is 4.74 Å². The maximum Gasteiger partial charge on any atom is 0.153 e. The summed E-state index contributed by atoms with van der Waals surface area (Å²) in [5.74, 6) is 0.725.